The maximum atomic E-state index is 9.71. The van der Waals surface area contributed by atoms with Crippen LogP contribution in [0.1, 0.15) is 19.4 Å². The Morgan fingerprint density at radius 2 is 1.83 bits per heavy atom. The number of hydrogen-bond acceptors (Lipinski definition) is 6. The quantitative estimate of drug-likeness (QED) is 0.417. The topological polar surface area (TPSA) is 61.3 Å². The Labute approximate surface area is 174 Å². The van der Waals surface area contributed by atoms with Crippen molar-refractivity contribution in [1.29, 1.82) is 0 Å². The monoisotopic (exact) mass is 404 g/mol. The van der Waals surface area contributed by atoms with E-state index in [9.17, 15) is 5.11 Å². The van der Waals surface area contributed by atoms with Gasteiger partial charge in [-0.25, -0.2) is 9.97 Å². The van der Waals surface area contributed by atoms with Crippen LogP contribution in [0.2, 0.25) is 0 Å². The standard InChI is InChI=1S/C23H24N4OS/c1-3-27(4-2)14-16-7-5-8-17(11-16)21-13-20-22(29-21)23(25-15-24-20)26-18-9-6-10-19(28)12-18/h5-13,15,28H,3-4,14H2,1-2H3,(H,24,25,26). The van der Waals surface area contributed by atoms with Crippen molar-refractivity contribution >= 4 is 33.1 Å². The second-order valence-corrected chi connectivity index (χ2v) is 7.94. The van der Waals surface area contributed by atoms with Crippen LogP contribution in [0.5, 0.6) is 5.75 Å². The fraction of sp³-hybridized carbons (Fsp3) is 0.217. The molecule has 4 rings (SSSR count). The summed E-state index contributed by atoms with van der Waals surface area (Å²) in [7, 11) is 0. The Kier molecular flexibility index (Phi) is 5.74. The molecular formula is C23H24N4OS. The molecule has 6 heteroatoms. The highest BCUT2D eigenvalue weighted by Crippen LogP contribution is 2.37. The molecule has 0 saturated heterocycles. The zero-order valence-electron chi connectivity index (χ0n) is 16.6. The number of anilines is 2. The van der Waals surface area contributed by atoms with Gasteiger partial charge in [0.15, 0.2) is 5.82 Å². The first-order chi connectivity index (χ1) is 14.2. The molecule has 0 aliphatic heterocycles. The number of phenolic OH excluding ortho intramolecular Hbond substituents is 1. The maximum Gasteiger partial charge on any atom is 0.151 e. The fourth-order valence-electron chi connectivity index (χ4n) is 3.33. The minimum Gasteiger partial charge on any atom is -0.508 e. The van der Waals surface area contributed by atoms with Crippen LogP contribution in [0.4, 0.5) is 11.5 Å². The average Bonchev–Trinajstić information content (AvgIpc) is 3.18. The van der Waals surface area contributed by atoms with E-state index in [-0.39, 0.29) is 5.75 Å². The number of phenols is 1. The molecule has 0 aliphatic rings. The minimum atomic E-state index is 0.220. The molecule has 0 bridgehead atoms. The molecule has 4 aromatic rings. The Morgan fingerprint density at radius 1 is 1.00 bits per heavy atom. The van der Waals surface area contributed by atoms with Crippen molar-refractivity contribution < 1.29 is 5.11 Å². The second-order valence-electron chi connectivity index (χ2n) is 6.88. The predicted molar refractivity (Wildman–Crippen MR) is 121 cm³/mol. The van der Waals surface area contributed by atoms with Gasteiger partial charge in [-0.15, -0.1) is 11.3 Å². The molecule has 2 aromatic carbocycles. The lowest BCUT2D eigenvalue weighted by atomic mass is 10.1. The molecule has 0 saturated carbocycles. The van der Waals surface area contributed by atoms with Gasteiger partial charge in [0.2, 0.25) is 0 Å². The van der Waals surface area contributed by atoms with Crippen LogP contribution < -0.4 is 5.32 Å². The van der Waals surface area contributed by atoms with Gasteiger partial charge in [0.05, 0.1) is 10.2 Å². The van der Waals surface area contributed by atoms with Crippen molar-refractivity contribution in [2.45, 2.75) is 20.4 Å². The zero-order valence-corrected chi connectivity index (χ0v) is 17.4. The SMILES string of the molecule is CCN(CC)Cc1cccc(-c2cc3ncnc(Nc4cccc(O)c4)c3s2)c1. The highest BCUT2D eigenvalue weighted by molar-refractivity contribution is 7.22. The van der Waals surface area contributed by atoms with E-state index >= 15 is 0 Å². The molecule has 0 amide bonds. The molecule has 0 radical (unpaired) electrons. The summed E-state index contributed by atoms with van der Waals surface area (Å²) in [4.78, 5) is 12.4. The second kappa shape index (κ2) is 8.59. The Bertz CT molecular complexity index is 1120. The van der Waals surface area contributed by atoms with E-state index in [2.05, 4.69) is 64.4 Å². The summed E-state index contributed by atoms with van der Waals surface area (Å²) in [6.45, 7) is 7.43. The molecule has 148 valence electrons. The summed E-state index contributed by atoms with van der Waals surface area (Å²) < 4.78 is 1.000. The third kappa shape index (κ3) is 4.39. The molecule has 5 nitrogen and oxygen atoms in total. The third-order valence-corrected chi connectivity index (χ3v) is 6.11. The number of nitrogens with zero attached hydrogens (tertiary/aromatic N) is 3. The first kappa shape index (κ1) is 19.4. The minimum absolute atomic E-state index is 0.220. The van der Waals surface area contributed by atoms with Crippen LogP contribution in [0.3, 0.4) is 0 Å². The van der Waals surface area contributed by atoms with Crippen molar-refractivity contribution in [2.24, 2.45) is 0 Å². The number of fused-ring (bicyclic) bond motifs is 1. The summed E-state index contributed by atoms with van der Waals surface area (Å²) in [6.07, 6.45) is 1.57. The fourth-order valence-corrected chi connectivity index (χ4v) is 4.39. The molecular weight excluding hydrogens is 380 g/mol. The molecule has 0 fully saturated rings. The molecule has 0 atom stereocenters. The van der Waals surface area contributed by atoms with Gasteiger partial charge in [0.1, 0.15) is 12.1 Å². The van der Waals surface area contributed by atoms with Gasteiger partial charge in [-0.05, 0) is 48.5 Å². The van der Waals surface area contributed by atoms with Crippen molar-refractivity contribution in [3.05, 3.63) is 66.5 Å². The van der Waals surface area contributed by atoms with Crippen LogP contribution in [0, 0.1) is 0 Å². The molecule has 0 spiro atoms. The van der Waals surface area contributed by atoms with E-state index < -0.39 is 0 Å². The molecule has 2 heterocycles. The van der Waals surface area contributed by atoms with Crippen LogP contribution in [-0.4, -0.2) is 33.1 Å². The van der Waals surface area contributed by atoms with E-state index in [4.69, 9.17) is 0 Å². The van der Waals surface area contributed by atoms with E-state index in [1.165, 1.54) is 16.0 Å². The van der Waals surface area contributed by atoms with E-state index in [0.29, 0.717) is 0 Å². The van der Waals surface area contributed by atoms with Gasteiger partial charge in [-0.3, -0.25) is 4.90 Å². The highest BCUT2D eigenvalue weighted by atomic mass is 32.1. The number of thiophene rings is 1. The zero-order chi connectivity index (χ0) is 20.2. The van der Waals surface area contributed by atoms with E-state index in [1.807, 2.05) is 6.07 Å². The largest absolute Gasteiger partial charge is 0.508 e. The Hall–Kier alpha value is -2.96. The number of nitrogens with one attached hydrogen (secondary N) is 1. The maximum absolute atomic E-state index is 9.71. The first-order valence-corrected chi connectivity index (χ1v) is 10.6. The number of benzene rings is 2. The molecule has 2 N–H and O–H groups in total. The number of aromatic nitrogens is 2. The summed E-state index contributed by atoms with van der Waals surface area (Å²) in [5, 5.41) is 13.0. The van der Waals surface area contributed by atoms with Gasteiger partial charge in [-0.2, -0.15) is 0 Å². The van der Waals surface area contributed by atoms with Crippen molar-refractivity contribution in [3.8, 4) is 16.2 Å². The van der Waals surface area contributed by atoms with Gasteiger partial charge in [0.25, 0.3) is 0 Å². The molecule has 2 aromatic heterocycles. The summed E-state index contributed by atoms with van der Waals surface area (Å²) in [5.41, 5.74) is 4.21. The molecule has 0 unspecified atom stereocenters. The van der Waals surface area contributed by atoms with E-state index in [1.54, 1.807) is 35.9 Å². The lowest BCUT2D eigenvalue weighted by molar-refractivity contribution is 0.296. The van der Waals surface area contributed by atoms with E-state index in [0.717, 1.165) is 41.4 Å². The van der Waals surface area contributed by atoms with Crippen LogP contribution in [-0.2, 0) is 6.54 Å². The smallest absolute Gasteiger partial charge is 0.151 e. The lowest BCUT2D eigenvalue weighted by Gasteiger charge is -2.18. The van der Waals surface area contributed by atoms with Crippen molar-refractivity contribution in [3.63, 3.8) is 0 Å². The van der Waals surface area contributed by atoms with Crippen LogP contribution in [0.15, 0.2) is 60.9 Å². The first-order valence-electron chi connectivity index (χ1n) is 9.78. The summed E-state index contributed by atoms with van der Waals surface area (Å²) in [5.74, 6) is 0.966. The molecule has 0 aliphatic carbocycles. The normalized spacial score (nSPS) is 11.3. The van der Waals surface area contributed by atoms with Gasteiger partial charge in [0, 0.05) is 23.2 Å². The summed E-state index contributed by atoms with van der Waals surface area (Å²) >= 11 is 1.68. The lowest BCUT2D eigenvalue weighted by Crippen LogP contribution is -2.22. The number of aromatic hydroxyl groups is 1. The number of hydrogen-bond donors (Lipinski definition) is 2. The Balaban J connectivity index is 1.66. The van der Waals surface area contributed by atoms with Crippen molar-refractivity contribution in [1.82, 2.24) is 14.9 Å². The van der Waals surface area contributed by atoms with Gasteiger partial charge < -0.3 is 10.4 Å². The number of rotatable bonds is 7. The highest BCUT2D eigenvalue weighted by Gasteiger charge is 2.12. The third-order valence-electron chi connectivity index (χ3n) is 4.93. The van der Waals surface area contributed by atoms with Crippen molar-refractivity contribution in [2.75, 3.05) is 18.4 Å². The molecule has 29 heavy (non-hydrogen) atoms. The van der Waals surface area contributed by atoms with Crippen LogP contribution >= 0.6 is 11.3 Å². The predicted octanol–water partition coefficient (Wildman–Crippen LogP) is 5.65. The Morgan fingerprint density at radius 3 is 2.62 bits per heavy atom. The summed E-state index contributed by atoms with van der Waals surface area (Å²) in [6, 6.07) is 17.9. The average molecular weight is 405 g/mol. The van der Waals surface area contributed by atoms with Crippen LogP contribution in [0.25, 0.3) is 20.7 Å². The van der Waals surface area contributed by atoms with Gasteiger partial charge >= 0.3 is 0 Å². The van der Waals surface area contributed by atoms with Gasteiger partial charge in [-0.1, -0.05) is 38.1 Å².